The molecule has 1 saturated heterocycles. The Bertz CT molecular complexity index is 662. The van der Waals surface area contributed by atoms with Gasteiger partial charge in [-0.1, -0.05) is 12.1 Å². The van der Waals surface area contributed by atoms with Crippen molar-refractivity contribution in [2.75, 3.05) is 38.1 Å². The fourth-order valence-corrected chi connectivity index (χ4v) is 2.54. The Morgan fingerprint density at radius 1 is 0.957 bits per heavy atom. The predicted octanol–water partition coefficient (Wildman–Crippen LogP) is 2.91. The number of halogens is 3. The van der Waals surface area contributed by atoms with Gasteiger partial charge in [-0.15, -0.1) is 10.2 Å². The second-order valence-corrected chi connectivity index (χ2v) is 5.65. The summed E-state index contributed by atoms with van der Waals surface area (Å²) >= 11 is 0. The normalized spacial score (nSPS) is 16.6. The molecule has 0 radical (unpaired) electrons. The third-order valence-electron chi connectivity index (χ3n) is 3.96. The first-order valence-electron chi connectivity index (χ1n) is 7.38. The standard InChI is InChI=1S/C16H17F3N4/c1-22-7-9-23(10-8-22)15-6-5-14(20-21-15)12-3-2-4-13(11-12)16(17,18)19/h2-6,11H,7-10H2,1H3. The van der Waals surface area contributed by atoms with Gasteiger partial charge in [0.1, 0.15) is 0 Å². The molecule has 2 heterocycles. The lowest BCUT2D eigenvalue weighted by Gasteiger charge is -2.32. The largest absolute Gasteiger partial charge is 0.416 e. The Hall–Kier alpha value is -2.15. The third-order valence-corrected chi connectivity index (χ3v) is 3.96. The lowest BCUT2D eigenvalue weighted by molar-refractivity contribution is -0.137. The second-order valence-electron chi connectivity index (χ2n) is 5.65. The van der Waals surface area contributed by atoms with Crippen molar-refractivity contribution in [2.45, 2.75) is 6.18 Å². The highest BCUT2D eigenvalue weighted by molar-refractivity contribution is 5.61. The number of alkyl halides is 3. The fourth-order valence-electron chi connectivity index (χ4n) is 2.54. The zero-order valence-corrected chi connectivity index (χ0v) is 12.7. The molecule has 0 aliphatic carbocycles. The molecule has 0 bridgehead atoms. The Morgan fingerprint density at radius 2 is 1.70 bits per heavy atom. The summed E-state index contributed by atoms with van der Waals surface area (Å²) in [6.45, 7) is 3.65. The van der Waals surface area contributed by atoms with E-state index in [0.717, 1.165) is 44.1 Å². The molecular formula is C16H17F3N4. The first-order chi connectivity index (χ1) is 10.9. The summed E-state index contributed by atoms with van der Waals surface area (Å²) in [6, 6.07) is 8.67. The van der Waals surface area contributed by atoms with Crippen LogP contribution in [0.4, 0.5) is 19.0 Å². The van der Waals surface area contributed by atoms with Gasteiger partial charge in [0.05, 0.1) is 11.3 Å². The summed E-state index contributed by atoms with van der Waals surface area (Å²) < 4.78 is 38.3. The molecule has 1 aliphatic rings. The minimum absolute atomic E-state index is 0.414. The molecule has 0 spiro atoms. The number of piperazine rings is 1. The zero-order chi connectivity index (χ0) is 16.4. The molecule has 0 N–H and O–H groups in total. The minimum Gasteiger partial charge on any atom is -0.353 e. The van der Waals surface area contributed by atoms with Crippen molar-refractivity contribution in [2.24, 2.45) is 0 Å². The Labute approximate surface area is 132 Å². The maximum Gasteiger partial charge on any atom is 0.416 e. The maximum atomic E-state index is 12.8. The third kappa shape index (κ3) is 3.61. The molecule has 1 aromatic heterocycles. The molecule has 2 aromatic rings. The van der Waals surface area contributed by atoms with Crippen LogP contribution >= 0.6 is 0 Å². The topological polar surface area (TPSA) is 32.3 Å². The van der Waals surface area contributed by atoms with Crippen molar-refractivity contribution in [3.05, 3.63) is 42.0 Å². The SMILES string of the molecule is CN1CCN(c2ccc(-c3cccc(C(F)(F)F)c3)nn2)CC1. The molecule has 4 nitrogen and oxygen atoms in total. The van der Waals surface area contributed by atoms with E-state index >= 15 is 0 Å². The maximum absolute atomic E-state index is 12.8. The van der Waals surface area contributed by atoms with Gasteiger partial charge in [-0.25, -0.2) is 0 Å². The molecule has 3 rings (SSSR count). The molecule has 1 aromatic carbocycles. The summed E-state index contributed by atoms with van der Waals surface area (Å²) in [5, 5.41) is 8.27. The highest BCUT2D eigenvalue weighted by Crippen LogP contribution is 2.31. The number of likely N-dealkylation sites (N-methyl/N-ethyl adjacent to an activating group) is 1. The van der Waals surface area contributed by atoms with E-state index < -0.39 is 11.7 Å². The van der Waals surface area contributed by atoms with E-state index in [2.05, 4.69) is 27.0 Å². The second kappa shape index (κ2) is 6.16. The van der Waals surface area contributed by atoms with Gasteiger partial charge in [0.2, 0.25) is 0 Å². The molecule has 122 valence electrons. The molecule has 0 saturated carbocycles. The van der Waals surface area contributed by atoms with Crippen LogP contribution in [-0.2, 0) is 6.18 Å². The average Bonchev–Trinajstić information content (AvgIpc) is 2.55. The van der Waals surface area contributed by atoms with E-state index in [9.17, 15) is 13.2 Å². The smallest absolute Gasteiger partial charge is 0.353 e. The van der Waals surface area contributed by atoms with Gasteiger partial charge in [-0.2, -0.15) is 13.2 Å². The van der Waals surface area contributed by atoms with E-state index in [1.54, 1.807) is 12.1 Å². The van der Waals surface area contributed by atoms with E-state index in [1.165, 1.54) is 6.07 Å². The van der Waals surface area contributed by atoms with Crippen molar-refractivity contribution in [1.82, 2.24) is 15.1 Å². The average molecular weight is 322 g/mol. The summed E-state index contributed by atoms with van der Waals surface area (Å²) in [4.78, 5) is 4.36. The number of nitrogens with zero attached hydrogens (tertiary/aromatic N) is 4. The molecule has 0 amide bonds. The van der Waals surface area contributed by atoms with Crippen LogP contribution in [0.3, 0.4) is 0 Å². The summed E-state index contributed by atoms with van der Waals surface area (Å²) in [6.07, 6.45) is -4.36. The minimum atomic E-state index is -4.36. The van der Waals surface area contributed by atoms with Crippen LogP contribution in [-0.4, -0.2) is 48.3 Å². The Kier molecular flexibility index (Phi) is 4.21. The number of benzene rings is 1. The van der Waals surface area contributed by atoms with Gasteiger partial charge in [-0.05, 0) is 31.3 Å². The van der Waals surface area contributed by atoms with Crippen LogP contribution in [0.2, 0.25) is 0 Å². The van der Waals surface area contributed by atoms with E-state index in [1.807, 2.05) is 6.07 Å². The van der Waals surface area contributed by atoms with Gasteiger partial charge in [-0.3, -0.25) is 0 Å². The first kappa shape index (κ1) is 15.7. The highest BCUT2D eigenvalue weighted by Gasteiger charge is 2.30. The molecule has 0 unspecified atom stereocenters. The van der Waals surface area contributed by atoms with Gasteiger partial charge in [0.15, 0.2) is 5.82 Å². The Balaban J connectivity index is 1.80. The number of aromatic nitrogens is 2. The molecule has 7 heteroatoms. The molecule has 0 atom stereocenters. The highest BCUT2D eigenvalue weighted by atomic mass is 19.4. The van der Waals surface area contributed by atoms with Crippen LogP contribution in [0.1, 0.15) is 5.56 Å². The summed E-state index contributed by atoms with van der Waals surface area (Å²) in [5.74, 6) is 0.758. The van der Waals surface area contributed by atoms with E-state index in [0.29, 0.717) is 11.3 Å². The molecule has 1 aliphatic heterocycles. The van der Waals surface area contributed by atoms with Crippen LogP contribution in [0.15, 0.2) is 36.4 Å². The number of anilines is 1. The predicted molar refractivity (Wildman–Crippen MR) is 82.2 cm³/mol. The zero-order valence-electron chi connectivity index (χ0n) is 12.7. The quantitative estimate of drug-likeness (QED) is 0.851. The van der Waals surface area contributed by atoms with Crippen LogP contribution < -0.4 is 4.90 Å². The summed E-state index contributed by atoms with van der Waals surface area (Å²) in [5.41, 5.74) is 0.172. The van der Waals surface area contributed by atoms with Crippen molar-refractivity contribution < 1.29 is 13.2 Å². The van der Waals surface area contributed by atoms with Crippen molar-refractivity contribution in [3.8, 4) is 11.3 Å². The van der Waals surface area contributed by atoms with Crippen LogP contribution in [0.5, 0.6) is 0 Å². The van der Waals surface area contributed by atoms with E-state index in [4.69, 9.17) is 0 Å². The van der Waals surface area contributed by atoms with Gasteiger partial charge in [0.25, 0.3) is 0 Å². The number of rotatable bonds is 2. The van der Waals surface area contributed by atoms with Gasteiger partial charge >= 0.3 is 6.18 Å². The molecular weight excluding hydrogens is 305 g/mol. The Morgan fingerprint density at radius 3 is 2.30 bits per heavy atom. The van der Waals surface area contributed by atoms with Crippen LogP contribution in [0.25, 0.3) is 11.3 Å². The van der Waals surface area contributed by atoms with Gasteiger partial charge < -0.3 is 9.80 Å². The van der Waals surface area contributed by atoms with Crippen molar-refractivity contribution >= 4 is 5.82 Å². The van der Waals surface area contributed by atoms with E-state index in [-0.39, 0.29) is 0 Å². The van der Waals surface area contributed by atoms with Crippen LogP contribution in [0, 0.1) is 0 Å². The first-order valence-corrected chi connectivity index (χ1v) is 7.38. The lowest BCUT2D eigenvalue weighted by Crippen LogP contribution is -2.44. The van der Waals surface area contributed by atoms with Crippen molar-refractivity contribution in [1.29, 1.82) is 0 Å². The fraction of sp³-hybridized carbons (Fsp3) is 0.375. The van der Waals surface area contributed by atoms with Gasteiger partial charge in [0, 0.05) is 31.7 Å². The molecule has 23 heavy (non-hydrogen) atoms. The number of hydrogen-bond acceptors (Lipinski definition) is 4. The molecule has 1 fully saturated rings. The lowest BCUT2D eigenvalue weighted by atomic mass is 10.1. The monoisotopic (exact) mass is 322 g/mol. The number of hydrogen-bond donors (Lipinski definition) is 0. The summed E-state index contributed by atoms with van der Waals surface area (Å²) in [7, 11) is 2.07. The van der Waals surface area contributed by atoms with Crippen molar-refractivity contribution in [3.63, 3.8) is 0 Å².